The second-order valence-corrected chi connectivity index (χ2v) is 4.82. The van der Waals surface area contributed by atoms with Crippen LogP contribution in [0.25, 0.3) is 0 Å². The molecule has 0 aliphatic heterocycles. The van der Waals surface area contributed by atoms with Gasteiger partial charge in [-0.05, 0) is 6.92 Å². The van der Waals surface area contributed by atoms with E-state index in [0.717, 1.165) is 6.20 Å². The van der Waals surface area contributed by atoms with Crippen LogP contribution < -0.4 is 4.72 Å². The molecule has 0 spiro atoms. The molecule has 0 saturated carbocycles. The van der Waals surface area contributed by atoms with Crippen LogP contribution >= 0.6 is 0 Å². The minimum atomic E-state index is -4.00. The van der Waals surface area contributed by atoms with E-state index in [9.17, 15) is 13.2 Å². The van der Waals surface area contributed by atoms with Gasteiger partial charge in [-0.2, -0.15) is 5.10 Å². The molecule has 1 heterocycles. The molecule has 0 fully saturated rings. The fourth-order valence-corrected chi connectivity index (χ4v) is 2.14. The first kappa shape index (κ1) is 12.6. The molecule has 1 aromatic heterocycles. The number of aliphatic hydroxyl groups is 1. The van der Waals surface area contributed by atoms with Crippen LogP contribution in [0.15, 0.2) is 11.2 Å². The second kappa shape index (κ2) is 4.60. The number of carbonyl (C=O) groups is 1. The van der Waals surface area contributed by atoms with Crippen LogP contribution in [0, 0.1) is 0 Å². The Hall–Kier alpha value is -1.45. The zero-order valence-corrected chi connectivity index (χ0v) is 9.15. The van der Waals surface area contributed by atoms with Gasteiger partial charge in [0, 0.05) is 6.54 Å². The highest BCUT2D eigenvalue weighted by molar-refractivity contribution is 7.89. The van der Waals surface area contributed by atoms with E-state index >= 15 is 0 Å². The lowest BCUT2D eigenvalue weighted by atomic mass is 10.4. The number of aromatic nitrogens is 2. The van der Waals surface area contributed by atoms with Crippen molar-refractivity contribution in [2.24, 2.45) is 0 Å². The van der Waals surface area contributed by atoms with Crippen LogP contribution in [0.3, 0.4) is 0 Å². The highest BCUT2D eigenvalue weighted by atomic mass is 32.2. The number of H-pyrrole nitrogens is 1. The largest absolute Gasteiger partial charge is 0.478 e. The molecular formula is C7H11N3O5S. The average molecular weight is 249 g/mol. The summed E-state index contributed by atoms with van der Waals surface area (Å²) in [4.78, 5) is 10.7. The van der Waals surface area contributed by atoms with Crippen molar-refractivity contribution in [3.63, 3.8) is 0 Å². The van der Waals surface area contributed by atoms with Crippen LogP contribution in [-0.4, -0.2) is 47.4 Å². The zero-order chi connectivity index (χ0) is 12.3. The van der Waals surface area contributed by atoms with Crippen LogP contribution in [0.1, 0.15) is 17.3 Å². The first-order valence-electron chi connectivity index (χ1n) is 4.29. The Bertz CT molecular complexity index is 478. The van der Waals surface area contributed by atoms with Crippen molar-refractivity contribution in [1.29, 1.82) is 0 Å². The molecule has 8 nitrogen and oxygen atoms in total. The van der Waals surface area contributed by atoms with Gasteiger partial charge in [-0.25, -0.2) is 17.9 Å². The summed E-state index contributed by atoms with van der Waals surface area (Å²) in [5, 5.41) is 22.5. The Labute approximate surface area is 91.3 Å². The van der Waals surface area contributed by atoms with Crippen molar-refractivity contribution in [1.82, 2.24) is 14.9 Å². The average Bonchev–Trinajstić information content (AvgIpc) is 2.63. The number of carboxylic acid groups (broad SMARTS) is 1. The predicted octanol–water partition coefficient (Wildman–Crippen LogP) is -1.23. The van der Waals surface area contributed by atoms with Gasteiger partial charge >= 0.3 is 5.97 Å². The summed E-state index contributed by atoms with van der Waals surface area (Å²) in [7, 11) is -4.00. The van der Waals surface area contributed by atoms with Gasteiger partial charge in [0.15, 0.2) is 5.03 Å². The van der Waals surface area contributed by atoms with Crippen molar-refractivity contribution >= 4 is 16.0 Å². The Morgan fingerprint density at radius 3 is 2.81 bits per heavy atom. The molecule has 0 bridgehead atoms. The SMILES string of the molecule is CC(O)CNS(=O)(=O)c1[nH]ncc1C(=O)O. The maximum atomic E-state index is 11.6. The topological polar surface area (TPSA) is 132 Å². The highest BCUT2D eigenvalue weighted by Gasteiger charge is 2.24. The molecule has 1 atom stereocenters. The van der Waals surface area contributed by atoms with E-state index in [1.165, 1.54) is 6.92 Å². The monoisotopic (exact) mass is 249 g/mol. The maximum absolute atomic E-state index is 11.6. The summed E-state index contributed by atoms with van der Waals surface area (Å²) >= 11 is 0. The Morgan fingerprint density at radius 1 is 1.69 bits per heavy atom. The second-order valence-electron chi connectivity index (χ2n) is 3.12. The number of aromatic carboxylic acids is 1. The molecular weight excluding hydrogens is 238 g/mol. The van der Waals surface area contributed by atoms with Crippen molar-refractivity contribution in [3.05, 3.63) is 11.8 Å². The van der Waals surface area contributed by atoms with Crippen LogP contribution in [-0.2, 0) is 10.0 Å². The number of nitrogens with one attached hydrogen (secondary N) is 2. The molecule has 90 valence electrons. The van der Waals surface area contributed by atoms with Gasteiger partial charge in [0.2, 0.25) is 0 Å². The summed E-state index contributed by atoms with van der Waals surface area (Å²) in [5.41, 5.74) is -0.446. The van der Waals surface area contributed by atoms with Gasteiger partial charge in [-0.15, -0.1) is 0 Å². The molecule has 9 heteroatoms. The molecule has 0 amide bonds. The number of aromatic amines is 1. The van der Waals surface area contributed by atoms with E-state index in [4.69, 9.17) is 10.2 Å². The molecule has 16 heavy (non-hydrogen) atoms. The number of nitrogens with zero attached hydrogens (tertiary/aromatic N) is 1. The molecule has 1 rings (SSSR count). The Kier molecular flexibility index (Phi) is 3.62. The summed E-state index contributed by atoms with van der Waals surface area (Å²) in [6.07, 6.45) is 0.0326. The highest BCUT2D eigenvalue weighted by Crippen LogP contribution is 2.11. The van der Waals surface area contributed by atoms with Gasteiger partial charge in [0.25, 0.3) is 10.0 Å². The smallest absolute Gasteiger partial charge is 0.340 e. The zero-order valence-electron chi connectivity index (χ0n) is 8.34. The van der Waals surface area contributed by atoms with E-state index in [0.29, 0.717) is 0 Å². The lowest BCUT2D eigenvalue weighted by Gasteiger charge is -2.06. The Morgan fingerprint density at radius 2 is 2.31 bits per heavy atom. The van der Waals surface area contributed by atoms with Crippen molar-refractivity contribution in [3.8, 4) is 0 Å². The van der Waals surface area contributed by atoms with E-state index < -0.39 is 32.7 Å². The maximum Gasteiger partial charge on any atom is 0.340 e. The lowest BCUT2D eigenvalue weighted by Crippen LogP contribution is -2.31. The van der Waals surface area contributed by atoms with E-state index in [2.05, 4.69) is 10.2 Å². The van der Waals surface area contributed by atoms with Crippen LogP contribution in [0.5, 0.6) is 0 Å². The van der Waals surface area contributed by atoms with Gasteiger partial charge in [0.1, 0.15) is 5.56 Å². The molecule has 1 unspecified atom stereocenters. The van der Waals surface area contributed by atoms with Crippen LogP contribution in [0.2, 0.25) is 0 Å². The third kappa shape index (κ3) is 2.78. The molecule has 4 N–H and O–H groups in total. The molecule has 0 aliphatic rings. The molecule has 0 radical (unpaired) electrons. The van der Waals surface area contributed by atoms with Gasteiger partial charge < -0.3 is 10.2 Å². The third-order valence-electron chi connectivity index (χ3n) is 1.67. The van der Waals surface area contributed by atoms with Gasteiger partial charge in [-0.3, -0.25) is 5.10 Å². The van der Waals surface area contributed by atoms with Gasteiger partial charge in [-0.1, -0.05) is 0 Å². The Balaban J connectivity index is 2.99. The number of aliphatic hydroxyl groups excluding tert-OH is 1. The first-order valence-corrected chi connectivity index (χ1v) is 5.77. The molecule has 0 saturated heterocycles. The number of rotatable bonds is 5. The fraction of sp³-hybridized carbons (Fsp3) is 0.429. The summed E-state index contributed by atoms with van der Waals surface area (Å²) in [6.45, 7) is 1.19. The van der Waals surface area contributed by atoms with E-state index in [1.54, 1.807) is 0 Å². The first-order chi connectivity index (χ1) is 7.34. The van der Waals surface area contributed by atoms with E-state index in [-0.39, 0.29) is 6.54 Å². The number of sulfonamides is 1. The minimum absolute atomic E-state index is 0.208. The minimum Gasteiger partial charge on any atom is -0.478 e. The normalized spacial score (nSPS) is 13.6. The predicted molar refractivity (Wildman–Crippen MR) is 52.4 cm³/mol. The number of hydrogen-bond donors (Lipinski definition) is 4. The van der Waals surface area contributed by atoms with E-state index in [1.807, 2.05) is 4.72 Å². The molecule has 0 aliphatic carbocycles. The number of hydrogen-bond acceptors (Lipinski definition) is 5. The standard InChI is InChI=1S/C7H11N3O5S/c1-4(11)2-9-16(14,15)6-5(7(12)13)3-8-10-6/h3-4,9,11H,2H2,1H3,(H,8,10)(H,12,13). The van der Waals surface area contributed by atoms with Gasteiger partial charge in [0.05, 0.1) is 12.3 Å². The lowest BCUT2D eigenvalue weighted by molar-refractivity contribution is 0.0692. The van der Waals surface area contributed by atoms with Crippen molar-refractivity contribution in [2.45, 2.75) is 18.1 Å². The summed E-state index contributed by atoms with van der Waals surface area (Å²) in [5.74, 6) is -1.40. The van der Waals surface area contributed by atoms with Crippen molar-refractivity contribution in [2.75, 3.05) is 6.54 Å². The molecule has 1 aromatic rings. The summed E-state index contributed by atoms with van der Waals surface area (Å²) < 4.78 is 25.2. The van der Waals surface area contributed by atoms with Crippen LogP contribution in [0.4, 0.5) is 0 Å². The molecule has 0 aromatic carbocycles. The third-order valence-corrected chi connectivity index (χ3v) is 3.07. The fourth-order valence-electron chi connectivity index (χ4n) is 0.934. The van der Waals surface area contributed by atoms with Crippen molar-refractivity contribution < 1.29 is 23.4 Å². The summed E-state index contributed by atoms with van der Waals surface area (Å²) in [6, 6.07) is 0. The quantitative estimate of drug-likeness (QED) is 0.516. The number of carboxylic acids is 1.